The monoisotopic (exact) mass is 344 g/mol. The molecule has 0 unspecified atom stereocenters. The summed E-state index contributed by atoms with van der Waals surface area (Å²) in [4.78, 5) is 26.3. The summed E-state index contributed by atoms with van der Waals surface area (Å²) >= 11 is 0. The highest BCUT2D eigenvalue weighted by atomic mass is 16.2. The van der Waals surface area contributed by atoms with Gasteiger partial charge in [0.05, 0.1) is 5.92 Å². The van der Waals surface area contributed by atoms with Crippen LogP contribution in [0.1, 0.15) is 44.9 Å². The lowest BCUT2D eigenvalue weighted by molar-refractivity contribution is -0.123. The van der Waals surface area contributed by atoms with Crippen molar-refractivity contribution in [2.24, 2.45) is 11.7 Å². The first kappa shape index (κ1) is 17.6. The summed E-state index contributed by atoms with van der Waals surface area (Å²) < 4.78 is 0. The molecule has 0 spiro atoms. The number of carbonyl (C=O) groups excluding carboxylic acids is 2. The molecule has 1 saturated heterocycles. The normalized spacial score (nSPS) is 23.8. The van der Waals surface area contributed by atoms with E-state index >= 15 is 0 Å². The van der Waals surface area contributed by atoms with Crippen molar-refractivity contribution < 1.29 is 9.59 Å². The van der Waals surface area contributed by atoms with Crippen LogP contribution in [-0.4, -0.2) is 31.1 Å². The van der Waals surface area contributed by atoms with Crippen LogP contribution in [0, 0.1) is 5.92 Å². The fraction of sp³-hybridized carbons (Fsp3) is 0.579. The Morgan fingerprint density at radius 2 is 1.80 bits per heavy atom. The summed E-state index contributed by atoms with van der Waals surface area (Å²) in [6.07, 6.45) is 7.28. The lowest BCUT2D eigenvalue weighted by Gasteiger charge is -2.30. The third kappa shape index (κ3) is 4.65. The molecule has 4 N–H and O–H groups in total. The second-order valence-electron chi connectivity index (χ2n) is 7.10. The second-order valence-corrected chi connectivity index (χ2v) is 7.10. The summed E-state index contributed by atoms with van der Waals surface area (Å²) in [6, 6.07) is 7.51. The van der Waals surface area contributed by atoms with Gasteiger partial charge in [-0.2, -0.15) is 0 Å². The first-order valence-electron chi connectivity index (χ1n) is 9.35. The van der Waals surface area contributed by atoms with Gasteiger partial charge >= 0.3 is 6.03 Å². The average Bonchev–Trinajstić information content (AvgIpc) is 2.63. The summed E-state index contributed by atoms with van der Waals surface area (Å²) in [5.41, 5.74) is 7.39. The van der Waals surface area contributed by atoms with Crippen molar-refractivity contribution in [3.63, 3.8) is 0 Å². The van der Waals surface area contributed by atoms with E-state index in [-0.39, 0.29) is 23.9 Å². The SMILES string of the molecule is NC(=O)[C@@H]1CCCC[C@H]1NC(=O)Nc1cccc(N2CCCCC2)c1. The van der Waals surface area contributed by atoms with Crippen LogP contribution in [-0.2, 0) is 4.79 Å². The first-order valence-corrected chi connectivity index (χ1v) is 9.35. The highest BCUT2D eigenvalue weighted by molar-refractivity contribution is 5.90. The fourth-order valence-corrected chi connectivity index (χ4v) is 3.91. The zero-order valence-corrected chi connectivity index (χ0v) is 14.7. The number of benzene rings is 1. The van der Waals surface area contributed by atoms with E-state index in [1.54, 1.807) is 0 Å². The maximum absolute atomic E-state index is 12.3. The van der Waals surface area contributed by atoms with Gasteiger partial charge < -0.3 is 21.3 Å². The van der Waals surface area contributed by atoms with Gasteiger partial charge in [-0.3, -0.25) is 4.79 Å². The van der Waals surface area contributed by atoms with Crippen LogP contribution in [0.2, 0.25) is 0 Å². The minimum atomic E-state index is -0.322. The molecule has 1 aliphatic carbocycles. The predicted octanol–water partition coefficient (Wildman–Crippen LogP) is 2.84. The van der Waals surface area contributed by atoms with E-state index in [4.69, 9.17) is 5.73 Å². The lowest BCUT2D eigenvalue weighted by Crippen LogP contribution is -2.48. The Hall–Kier alpha value is -2.24. The minimum Gasteiger partial charge on any atom is -0.371 e. The largest absolute Gasteiger partial charge is 0.371 e. The standard InChI is InChI=1S/C19H28N4O2/c20-18(24)16-9-2-3-10-17(16)22-19(25)21-14-7-6-8-15(13-14)23-11-4-1-5-12-23/h6-8,13,16-17H,1-5,9-12H2,(H2,20,24)(H2,21,22,25)/t16-,17-/m1/s1. The molecule has 6 heteroatoms. The predicted molar refractivity (Wildman–Crippen MR) is 99.6 cm³/mol. The van der Waals surface area contributed by atoms with Crippen LogP contribution in [0.5, 0.6) is 0 Å². The van der Waals surface area contributed by atoms with E-state index in [9.17, 15) is 9.59 Å². The summed E-state index contributed by atoms with van der Waals surface area (Å²) in [5, 5.41) is 5.83. The maximum Gasteiger partial charge on any atom is 0.319 e. The number of nitrogens with zero attached hydrogens (tertiary/aromatic N) is 1. The molecule has 1 aromatic carbocycles. The number of primary amides is 1. The number of nitrogens with two attached hydrogens (primary N) is 1. The van der Waals surface area contributed by atoms with Crippen molar-refractivity contribution in [3.05, 3.63) is 24.3 Å². The summed E-state index contributed by atoms with van der Waals surface area (Å²) in [7, 11) is 0. The number of rotatable bonds is 4. The van der Waals surface area contributed by atoms with E-state index in [1.807, 2.05) is 18.2 Å². The molecule has 1 aliphatic heterocycles. The molecule has 1 heterocycles. The molecule has 25 heavy (non-hydrogen) atoms. The van der Waals surface area contributed by atoms with Crippen molar-refractivity contribution in [2.45, 2.75) is 51.0 Å². The number of anilines is 2. The molecule has 0 aromatic heterocycles. The van der Waals surface area contributed by atoms with Gasteiger partial charge in [0.1, 0.15) is 0 Å². The van der Waals surface area contributed by atoms with Crippen molar-refractivity contribution >= 4 is 23.3 Å². The van der Waals surface area contributed by atoms with Gasteiger partial charge in [0.25, 0.3) is 0 Å². The maximum atomic E-state index is 12.3. The van der Waals surface area contributed by atoms with Gasteiger partial charge in [0, 0.05) is 30.5 Å². The molecule has 2 fully saturated rings. The molecule has 2 atom stereocenters. The molecule has 1 saturated carbocycles. The Kier molecular flexibility index (Phi) is 5.79. The Morgan fingerprint density at radius 3 is 2.56 bits per heavy atom. The molecule has 0 radical (unpaired) electrons. The zero-order valence-electron chi connectivity index (χ0n) is 14.7. The molecule has 0 bridgehead atoms. The van der Waals surface area contributed by atoms with Gasteiger partial charge in [-0.05, 0) is 50.3 Å². The van der Waals surface area contributed by atoms with Crippen LogP contribution in [0.4, 0.5) is 16.2 Å². The van der Waals surface area contributed by atoms with Crippen LogP contribution in [0.15, 0.2) is 24.3 Å². The second kappa shape index (κ2) is 8.23. The Bertz CT molecular complexity index is 613. The molecular weight excluding hydrogens is 316 g/mol. The molecule has 3 amide bonds. The Labute approximate surface area is 149 Å². The highest BCUT2D eigenvalue weighted by Crippen LogP contribution is 2.25. The van der Waals surface area contributed by atoms with Crippen molar-refractivity contribution in [1.29, 1.82) is 0 Å². The smallest absolute Gasteiger partial charge is 0.319 e. The van der Waals surface area contributed by atoms with Gasteiger partial charge in [0.15, 0.2) is 0 Å². The number of nitrogens with one attached hydrogen (secondary N) is 2. The average molecular weight is 344 g/mol. The molecule has 136 valence electrons. The Morgan fingerprint density at radius 1 is 1.04 bits per heavy atom. The number of carbonyl (C=O) groups is 2. The van der Waals surface area contributed by atoms with Gasteiger partial charge in [-0.1, -0.05) is 18.9 Å². The molecular formula is C19H28N4O2. The van der Waals surface area contributed by atoms with Crippen molar-refractivity contribution in [3.8, 4) is 0 Å². The van der Waals surface area contributed by atoms with E-state index < -0.39 is 0 Å². The van der Waals surface area contributed by atoms with E-state index in [0.717, 1.165) is 50.1 Å². The number of hydrogen-bond acceptors (Lipinski definition) is 3. The minimum absolute atomic E-state index is 0.170. The molecule has 3 rings (SSSR count). The Balaban J connectivity index is 1.59. The summed E-state index contributed by atoms with van der Waals surface area (Å²) in [6.45, 7) is 2.13. The van der Waals surface area contributed by atoms with Gasteiger partial charge in [-0.15, -0.1) is 0 Å². The molecule has 6 nitrogen and oxygen atoms in total. The zero-order chi connectivity index (χ0) is 17.6. The number of piperidine rings is 1. The van der Waals surface area contributed by atoms with Gasteiger partial charge in [-0.25, -0.2) is 4.79 Å². The number of urea groups is 1. The van der Waals surface area contributed by atoms with E-state index in [1.165, 1.54) is 19.3 Å². The number of hydrogen-bond donors (Lipinski definition) is 3. The number of amides is 3. The first-order chi connectivity index (χ1) is 12.1. The lowest BCUT2D eigenvalue weighted by atomic mass is 9.84. The van der Waals surface area contributed by atoms with Crippen molar-refractivity contribution in [1.82, 2.24) is 5.32 Å². The molecule has 2 aliphatic rings. The van der Waals surface area contributed by atoms with Crippen LogP contribution >= 0.6 is 0 Å². The topological polar surface area (TPSA) is 87.5 Å². The highest BCUT2D eigenvalue weighted by Gasteiger charge is 2.30. The van der Waals surface area contributed by atoms with Crippen LogP contribution < -0.4 is 21.3 Å². The fourth-order valence-electron chi connectivity index (χ4n) is 3.91. The summed E-state index contributed by atoms with van der Waals surface area (Å²) in [5.74, 6) is -0.587. The van der Waals surface area contributed by atoms with E-state index in [0.29, 0.717) is 0 Å². The van der Waals surface area contributed by atoms with Crippen LogP contribution in [0.3, 0.4) is 0 Å². The van der Waals surface area contributed by atoms with Crippen molar-refractivity contribution in [2.75, 3.05) is 23.3 Å². The quantitative estimate of drug-likeness (QED) is 0.785. The molecule has 1 aromatic rings. The van der Waals surface area contributed by atoms with E-state index in [2.05, 4.69) is 21.6 Å². The van der Waals surface area contributed by atoms with Crippen LogP contribution in [0.25, 0.3) is 0 Å². The third-order valence-electron chi connectivity index (χ3n) is 5.27. The van der Waals surface area contributed by atoms with Gasteiger partial charge in [0.2, 0.25) is 5.91 Å². The third-order valence-corrected chi connectivity index (χ3v) is 5.27.